The molecule has 3 heteroatoms. The summed E-state index contributed by atoms with van der Waals surface area (Å²) in [5.74, 6) is 0.730. The molecule has 1 aliphatic carbocycles. The lowest BCUT2D eigenvalue weighted by atomic mass is 9.79. The van der Waals surface area contributed by atoms with E-state index in [1.165, 1.54) is 31.0 Å². The van der Waals surface area contributed by atoms with Crippen LogP contribution in [0.25, 0.3) is 0 Å². The summed E-state index contributed by atoms with van der Waals surface area (Å²) in [7, 11) is 0. The normalized spacial score (nSPS) is 24.9. The molecule has 1 nitrogen and oxygen atoms in total. The van der Waals surface area contributed by atoms with Crippen molar-refractivity contribution in [1.82, 2.24) is 5.32 Å². The van der Waals surface area contributed by atoms with Crippen LogP contribution in [0.15, 0.2) is 18.2 Å². The van der Waals surface area contributed by atoms with Crippen molar-refractivity contribution in [3.05, 3.63) is 35.4 Å². The van der Waals surface area contributed by atoms with Crippen LogP contribution in [0.5, 0.6) is 0 Å². The van der Waals surface area contributed by atoms with Gasteiger partial charge < -0.3 is 5.32 Å². The second kappa shape index (κ2) is 6.66. The van der Waals surface area contributed by atoms with Crippen LogP contribution >= 0.6 is 0 Å². The lowest BCUT2D eigenvalue weighted by molar-refractivity contribution is 0.222. The fourth-order valence-electron chi connectivity index (χ4n) is 3.27. The largest absolute Gasteiger partial charge is 0.307 e. The van der Waals surface area contributed by atoms with E-state index in [4.69, 9.17) is 0 Å². The van der Waals surface area contributed by atoms with Gasteiger partial charge >= 0.3 is 0 Å². The summed E-state index contributed by atoms with van der Waals surface area (Å²) in [5.41, 5.74) is 0.427. The van der Waals surface area contributed by atoms with Gasteiger partial charge in [-0.15, -0.1) is 0 Å². The van der Waals surface area contributed by atoms with Gasteiger partial charge in [-0.1, -0.05) is 26.7 Å². The standard InChI is InChI=1S/C17H25F2N/c1-11(2)13-5-4-6-15(9-13)20-12(3)16-10-14(18)7-8-17(16)19/h7-8,10-13,15,20H,4-6,9H2,1-3H3. The molecule has 0 amide bonds. The Bertz CT molecular complexity index is 445. The zero-order valence-corrected chi connectivity index (χ0v) is 12.6. The highest BCUT2D eigenvalue weighted by atomic mass is 19.1. The molecule has 1 fully saturated rings. The molecule has 0 radical (unpaired) electrons. The van der Waals surface area contributed by atoms with Crippen molar-refractivity contribution in [1.29, 1.82) is 0 Å². The lowest BCUT2D eigenvalue weighted by Crippen LogP contribution is -2.37. The van der Waals surface area contributed by atoms with Gasteiger partial charge in [0.2, 0.25) is 0 Å². The number of rotatable bonds is 4. The van der Waals surface area contributed by atoms with Gasteiger partial charge in [0.15, 0.2) is 0 Å². The van der Waals surface area contributed by atoms with E-state index in [1.54, 1.807) is 0 Å². The number of nitrogens with one attached hydrogen (secondary N) is 1. The highest BCUT2D eigenvalue weighted by Crippen LogP contribution is 2.31. The zero-order chi connectivity index (χ0) is 14.7. The number of halogens is 2. The molecule has 1 aliphatic rings. The Morgan fingerprint density at radius 1 is 1.15 bits per heavy atom. The van der Waals surface area contributed by atoms with Crippen LogP contribution < -0.4 is 5.32 Å². The molecule has 112 valence electrons. The fourth-order valence-corrected chi connectivity index (χ4v) is 3.27. The van der Waals surface area contributed by atoms with Gasteiger partial charge in [0, 0.05) is 17.6 Å². The molecule has 0 aliphatic heterocycles. The fraction of sp³-hybridized carbons (Fsp3) is 0.647. The molecule has 2 rings (SSSR count). The van der Waals surface area contributed by atoms with Crippen LogP contribution in [-0.2, 0) is 0 Å². The van der Waals surface area contributed by atoms with Crippen molar-refractivity contribution >= 4 is 0 Å². The number of hydrogen-bond acceptors (Lipinski definition) is 1. The minimum absolute atomic E-state index is 0.151. The van der Waals surface area contributed by atoms with E-state index < -0.39 is 0 Å². The molecule has 0 aromatic heterocycles. The monoisotopic (exact) mass is 281 g/mol. The van der Waals surface area contributed by atoms with Crippen molar-refractivity contribution in [3.63, 3.8) is 0 Å². The first kappa shape index (κ1) is 15.4. The summed E-state index contributed by atoms with van der Waals surface area (Å²) in [6.07, 6.45) is 4.78. The van der Waals surface area contributed by atoms with Crippen molar-refractivity contribution < 1.29 is 8.78 Å². The Hall–Kier alpha value is -0.960. The third-order valence-electron chi connectivity index (χ3n) is 4.57. The van der Waals surface area contributed by atoms with Crippen LogP contribution in [0.2, 0.25) is 0 Å². The number of benzene rings is 1. The summed E-state index contributed by atoms with van der Waals surface area (Å²) in [6, 6.07) is 3.94. The van der Waals surface area contributed by atoms with Crippen molar-refractivity contribution in [2.75, 3.05) is 0 Å². The third kappa shape index (κ3) is 3.78. The Kier molecular flexibility index (Phi) is 5.14. The quantitative estimate of drug-likeness (QED) is 0.833. The average Bonchev–Trinajstić information content (AvgIpc) is 2.41. The predicted molar refractivity (Wildman–Crippen MR) is 78.5 cm³/mol. The average molecular weight is 281 g/mol. The molecule has 1 aromatic carbocycles. The van der Waals surface area contributed by atoms with Gasteiger partial charge in [0.1, 0.15) is 11.6 Å². The molecule has 0 spiro atoms. The highest BCUT2D eigenvalue weighted by Gasteiger charge is 2.25. The maximum absolute atomic E-state index is 13.8. The summed E-state index contributed by atoms with van der Waals surface area (Å²) in [5, 5.41) is 3.48. The van der Waals surface area contributed by atoms with E-state index in [9.17, 15) is 8.78 Å². The van der Waals surface area contributed by atoms with Crippen LogP contribution in [0, 0.1) is 23.5 Å². The Morgan fingerprint density at radius 3 is 2.60 bits per heavy atom. The van der Waals surface area contributed by atoms with Crippen LogP contribution in [0.3, 0.4) is 0 Å². The molecule has 1 N–H and O–H groups in total. The van der Waals surface area contributed by atoms with E-state index in [2.05, 4.69) is 19.2 Å². The molecule has 3 unspecified atom stereocenters. The Morgan fingerprint density at radius 2 is 1.90 bits per heavy atom. The Balaban J connectivity index is 2.00. The first-order chi connectivity index (χ1) is 9.47. The SMILES string of the molecule is CC(NC1CCCC(C(C)C)C1)c1cc(F)ccc1F. The number of hydrogen-bond donors (Lipinski definition) is 1. The summed E-state index contributed by atoms with van der Waals surface area (Å²) in [6.45, 7) is 6.45. The summed E-state index contributed by atoms with van der Waals surface area (Å²) in [4.78, 5) is 0. The third-order valence-corrected chi connectivity index (χ3v) is 4.57. The summed E-state index contributed by atoms with van der Waals surface area (Å²) >= 11 is 0. The molecule has 3 atom stereocenters. The second-order valence-corrected chi connectivity index (χ2v) is 6.42. The van der Waals surface area contributed by atoms with Gasteiger partial charge in [-0.05, 0) is 49.8 Å². The van der Waals surface area contributed by atoms with Crippen LogP contribution in [0.1, 0.15) is 58.1 Å². The molecule has 1 aromatic rings. The predicted octanol–water partition coefficient (Wildman–Crippen LogP) is 4.83. The van der Waals surface area contributed by atoms with E-state index in [0.717, 1.165) is 18.8 Å². The first-order valence-electron chi connectivity index (χ1n) is 7.68. The van der Waals surface area contributed by atoms with E-state index in [1.807, 2.05) is 6.92 Å². The van der Waals surface area contributed by atoms with E-state index in [0.29, 0.717) is 17.5 Å². The van der Waals surface area contributed by atoms with Crippen molar-refractivity contribution in [3.8, 4) is 0 Å². The van der Waals surface area contributed by atoms with Gasteiger partial charge in [-0.25, -0.2) is 8.78 Å². The minimum Gasteiger partial charge on any atom is -0.307 e. The van der Waals surface area contributed by atoms with Crippen molar-refractivity contribution in [2.24, 2.45) is 11.8 Å². The second-order valence-electron chi connectivity index (χ2n) is 6.42. The molecule has 1 saturated carbocycles. The first-order valence-corrected chi connectivity index (χ1v) is 7.68. The molecule has 0 saturated heterocycles. The maximum Gasteiger partial charge on any atom is 0.128 e. The van der Waals surface area contributed by atoms with Gasteiger partial charge in [0.25, 0.3) is 0 Å². The van der Waals surface area contributed by atoms with Crippen molar-refractivity contribution in [2.45, 2.75) is 58.5 Å². The summed E-state index contributed by atoms with van der Waals surface area (Å²) < 4.78 is 27.0. The van der Waals surface area contributed by atoms with Gasteiger partial charge in [0.05, 0.1) is 0 Å². The highest BCUT2D eigenvalue weighted by molar-refractivity contribution is 5.22. The minimum atomic E-state index is -0.376. The molecule has 20 heavy (non-hydrogen) atoms. The molecular weight excluding hydrogens is 256 g/mol. The van der Waals surface area contributed by atoms with Crippen LogP contribution in [-0.4, -0.2) is 6.04 Å². The molecular formula is C17H25F2N. The van der Waals surface area contributed by atoms with Crippen LogP contribution in [0.4, 0.5) is 8.78 Å². The maximum atomic E-state index is 13.8. The van der Waals surface area contributed by atoms with Gasteiger partial charge in [-0.2, -0.15) is 0 Å². The van der Waals surface area contributed by atoms with Gasteiger partial charge in [-0.3, -0.25) is 0 Å². The molecule has 0 heterocycles. The Labute approximate surface area is 120 Å². The van der Waals surface area contributed by atoms with E-state index in [-0.39, 0.29) is 17.7 Å². The topological polar surface area (TPSA) is 12.0 Å². The smallest absolute Gasteiger partial charge is 0.128 e. The van der Waals surface area contributed by atoms with E-state index >= 15 is 0 Å². The zero-order valence-electron chi connectivity index (χ0n) is 12.6. The molecule has 0 bridgehead atoms. The lowest BCUT2D eigenvalue weighted by Gasteiger charge is -2.34.